The van der Waals surface area contributed by atoms with Gasteiger partial charge in [0.15, 0.2) is 11.5 Å². The standard InChI is InChI=1S/C22H28N4O6/c1-30-15-12-16(31-2)18(32-3)17-13(15)11-14(24-17)19(27)23-9-6-10-26-20(28)22(25-21(26)29)7-4-5-8-22/h11-12,24H,4-10H2,1-3H3,(H,23,27)(H,25,29). The summed E-state index contributed by atoms with van der Waals surface area (Å²) in [4.78, 5) is 41.9. The number of aromatic nitrogens is 1. The lowest BCUT2D eigenvalue weighted by atomic mass is 9.98. The number of hydrogen-bond donors (Lipinski definition) is 3. The summed E-state index contributed by atoms with van der Waals surface area (Å²) >= 11 is 0. The Hall–Kier alpha value is -3.43. The summed E-state index contributed by atoms with van der Waals surface area (Å²) in [6.07, 6.45) is 3.75. The fourth-order valence-corrected chi connectivity index (χ4v) is 4.59. The summed E-state index contributed by atoms with van der Waals surface area (Å²) in [5.74, 6) is 1.05. The number of H-pyrrole nitrogens is 1. The van der Waals surface area contributed by atoms with Crippen molar-refractivity contribution in [3.63, 3.8) is 0 Å². The maximum atomic E-state index is 12.7. The molecule has 0 bridgehead atoms. The number of hydrogen-bond acceptors (Lipinski definition) is 6. The number of fused-ring (bicyclic) bond motifs is 1. The summed E-state index contributed by atoms with van der Waals surface area (Å²) in [7, 11) is 4.59. The van der Waals surface area contributed by atoms with Crippen LogP contribution in [0.5, 0.6) is 17.2 Å². The van der Waals surface area contributed by atoms with Crippen LogP contribution in [0.1, 0.15) is 42.6 Å². The van der Waals surface area contributed by atoms with Crippen LogP contribution in [0.4, 0.5) is 4.79 Å². The number of methoxy groups -OCH3 is 3. The first kappa shape index (κ1) is 21.8. The number of aromatic amines is 1. The number of rotatable bonds is 8. The highest BCUT2D eigenvalue weighted by Crippen LogP contribution is 2.41. The SMILES string of the molecule is COc1cc(OC)c2cc(C(=O)NCCCN3C(=O)NC4(CCCC4)C3=O)[nH]c2c1OC. The van der Waals surface area contributed by atoms with Gasteiger partial charge in [0.1, 0.15) is 17.0 Å². The van der Waals surface area contributed by atoms with E-state index in [1.54, 1.807) is 19.2 Å². The average molecular weight is 444 g/mol. The van der Waals surface area contributed by atoms with Crippen LogP contribution in [0.15, 0.2) is 12.1 Å². The van der Waals surface area contributed by atoms with Crippen molar-refractivity contribution >= 4 is 28.7 Å². The summed E-state index contributed by atoms with van der Waals surface area (Å²) < 4.78 is 16.2. The molecule has 32 heavy (non-hydrogen) atoms. The number of imide groups is 1. The molecule has 1 saturated carbocycles. The number of nitrogens with zero attached hydrogens (tertiary/aromatic N) is 1. The minimum atomic E-state index is -0.705. The van der Waals surface area contributed by atoms with Gasteiger partial charge in [-0.3, -0.25) is 14.5 Å². The smallest absolute Gasteiger partial charge is 0.325 e. The molecule has 2 aliphatic rings. The van der Waals surface area contributed by atoms with Crippen LogP contribution in [-0.2, 0) is 4.79 Å². The normalized spacial score (nSPS) is 17.2. The minimum absolute atomic E-state index is 0.143. The highest BCUT2D eigenvalue weighted by Gasteiger charge is 2.51. The molecule has 1 aliphatic carbocycles. The lowest BCUT2D eigenvalue weighted by Gasteiger charge is -2.20. The molecule has 0 unspecified atom stereocenters. The Labute approximate surface area is 185 Å². The van der Waals surface area contributed by atoms with Crippen molar-refractivity contribution in [1.82, 2.24) is 20.5 Å². The molecule has 4 rings (SSSR count). The van der Waals surface area contributed by atoms with Crippen LogP contribution >= 0.6 is 0 Å². The molecule has 1 aromatic heterocycles. The van der Waals surface area contributed by atoms with E-state index < -0.39 is 5.54 Å². The van der Waals surface area contributed by atoms with E-state index in [-0.39, 0.29) is 24.4 Å². The second kappa shape index (κ2) is 8.60. The van der Waals surface area contributed by atoms with Crippen molar-refractivity contribution in [1.29, 1.82) is 0 Å². The zero-order valence-corrected chi connectivity index (χ0v) is 18.5. The number of benzene rings is 1. The topological polar surface area (TPSA) is 122 Å². The molecule has 10 nitrogen and oxygen atoms in total. The number of amides is 4. The summed E-state index contributed by atoms with van der Waals surface area (Å²) in [6.45, 7) is 0.577. The molecule has 1 aliphatic heterocycles. The van der Waals surface area contributed by atoms with Gasteiger partial charge in [-0.2, -0.15) is 0 Å². The van der Waals surface area contributed by atoms with Gasteiger partial charge in [-0.1, -0.05) is 12.8 Å². The van der Waals surface area contributed by atoms with Crippen LogP contribution in [0.3, 0.4) is 0 Å². The van der Waals surface area contributed by atoms with E-state index >= 15 is 0 Å². The van der Waals surface area contributed by atoms with E-state index in [4.69, 9.17) is 14.2 Å². The van der Waals surface area contributed by atoms with Gasteiger partial charge in [-0.15, -0.1) is 0 Å². The summed E-state index contributed by atoms with van der Waals surface area (Å²) in [5, 5.41) is 6.38. The first-order chi connectivity index (χ1) is 15.4. The molecule has 172 valence electrons. The number of nitrogens with one attached hydrogen (secondary N) is 3. The van der Waals surface area contributed by atoms with E-state index in [0.717, 1.165) is 12.8 Å². The van der Waals surface area contributed by atoms with Gasteiger partial charge in [0, 0.05) is 24.5 Å². The highest BCUT2D eigenvalue weighted by molar-refractivity contribution is 6.07. The highest BCUT2D eigenvalue weighted by atomic mass is 16.5. The van der Waals surface area contributed by atoms with Crippen molar-refractivity contribution < 1.29 is 28.6 Å². The Morgan fingerprint density at radius 2 is 1.81 bits per heavy atom. The molecule has 3 N–H and O–H groups in total. The lowest BCUT2D eigenvalue weighted by Crippen LogP contribution is -2.44. The Balaban J connectivity index is 1.39. The molecular formula is C22H28N4O6. The lowest BCUT2D eigenvalue weighted by molar-refractivity contribution is -0.131. The Kier molecular flexibility index (Phi) is 5.86. The average Bonchev–Trinajstić information content (AvgIpc) is 3.50. The molecule has 1 saturated heterocycles. The largest absolute Gasteiger partial charge is 0.496 e. The maximum absolute atomic E-state index is 12.7. The molecule has 1 aromatic carbocycles. The van der Waals surface area contributed by atoms with E-state index in [2.05, 4.69) is 15.6 Å². The molecule has 2 aromatic rings. The van der Waals surface area contributed by atoms with Gasteiger partial charge >= 0.3 is 6.03 Å². The third kappa shape index (κ3) is 3.59. The van der Waals surface area contributed by atoms with Gasteiger partial charge in [0.25, 0.3) is 11.8 Å². The third-order valence-corrected chi connectivity index (χ3v) is 6.23. The van der Waals surface area contributed by atoms with E-state index in [9.17, 15) is 14.4 Å². The zero-order valence-electron chi connectivity index (χ0n) is 18.5. The molecule has 0 atom stereocenters. The zero-order chi connectivity index (χ0) is 22.9. The monoisotopic (exact) mass is 444 g/mol. The van der Waals surface area contributed by atoms with Crippen molar-refractivity contribution in [3.05, 3.63) is 17.8 Å². The Bertz CT molecular complexity index is 1060. The van der Waals surface area contributed by atoms with Crippen molar-refractivity contribution in [3.8, 4) is 17.2 Å². The number of carbonyl (C=O) groups excluding carboxylic acids is 3. The Morgan fingerprint density at radius 1 is 1.09 bits per heavy atom. The van der Waals surface area contributed by atoms with Crippen LogP contribution in [0.2, 0.25) is 0 Å². The summed E-state index contributed by atoms with van der Waals surface area (Å²) in [6, 6.07) is 3.05. The van der Waals surface area contributed by atoms with Crippen molar-refractivity contribution in [2.45, 2.75) is 37.6 Å². The molecule has 2 fully saturated rings. The first-order valence-electron chi connectivity index (χ1n) is 10.7. The molecule has 1 spiro atoms. The van der Waals surface area contributed by atoms with Crippen molar-refractivity contribution in [2.75, 3.05) is 34.4 Å². The molecular weight excluding hydrogens is 416 g/mol. The number of ether oxygens (including phenoxy) is 3. The molecule has 0 radical (unpaired) electrons. The molecule has 2 heterocycles. The summed E-state index contributed by atoms with van der Waals surface area (Å²) in [5.41, 5.74) is 0.226. The van der Waals surface area contributed by atoms with Gasteiger partial charge in [-0.25, -0.2) is 4.79 Å². The quantitative estimate of drug-likeness (QED) is 0.424. The first-order valence-corrected chi connectivity index (χ1v) is 10.7. The maximum Gasteiger partial charge on any atom is 0.325 e. The molecule has 10 heteroatoms. The predicted molar refractivity (Wildman–Crippen MR) is 116 cm³/mol. The number of carbonyl (C=O) groups is 3. The fourth-order valence-electron chi connectivity index (χ4n) is 4.59. The van der Waals surface area contributed by atoms with Gasteiger partial charge < -0.3 is 29.8 Å². The van der Waals surface area contributed by atoms with Crippen LogP contribution in [0.25, 0.3) is 10.9 Å². The minimum Gasteiger partial charge on any atom is -0.496 e. The van der Waals surface area contributed by atoms with Crippen LogP contribution in [0, 0.1) is 0 Å². The van der Waals surface area contributed by atoms with Crippen LogP contribution in [-0.4, -0.2) is 67.7 Å². The van der Waals surface area contributed by atoms with E-state index in [1.165, 1.54) is 19.1 Å². The number of urea groups is 1. The van der Waals surface area contributed by atoms with Gasteiger partial charge in [-0.05, 0) is 25.3 Å². The van der Waals surface area contributed by atoms with E-state index in [1.807, 2.05) is 0 Å². The second-order valence-electron chi connectivity index (χ2n) is 8.07. The molecule has 4 amide bonds. The van der Waals surface area contributed by atoms with Crippen LogP contribution < -0.4 is 24.8 Å². The second-order valence-corrected chi connectivity index (χ2v) is 8.07. The van der Waals surface area contributed by atoms with E-state index in [0.29, 0.717) is 59.7 Å². The Morgan fingerprint density at radius 3 is 2.47 bits per heavy atom. The van der Waals surface area contributed by atoms with Crippen molar-refractivity contribution in [2.24, 2.45) is 0 Å². The van der Waals surface area contributed by atoms with Gasteiger partial charge in [0.05, 0.1) is 26.8 Å². The predicted octanol–water partition coefficient (Wildman–Crippen LogP) is 2.18. The fraction of sp³-hybridized carbons (Fsp3) is 0.500. The third-order valence-electron chi connectivity index (χ3n) is 6.23. The van der Waals surface area contributed by atoms with Gasteiger partial charge in [0.2, 0.25) is 0 Å².